The Morgan fingerprint density at radius 2 is 1.95 bits per heavy atom. The highest BCUT2D eigenvalue weighted by atomic mass is 19.4. The summed E-state index contributed by atoms with van der Waals surface area (Å²) in [4.78, 5) is 5.65. The first kappa shape index (κ1) is 15.6. The van der Waals surface area contributed by atoms with Crippen LogP contribution in [0.25, 0.3) is 10.9 Å². The number of hydrogen-bond acceptors (Lipinski definition) is 3. The standard InChI is InChI=1S/C15H18F3N3/c1-2-7-21(10-15(16,17)18)14-12(9-19)8-11-5-3-4-6-13(11)20-14/h3-6,8H,2,7,9-10,19H2,1H3. The van der Waals surface area contributed by atoms with Crippen LogP contribution < -0.4 is 10.6 Å². The Hall–Kier alpha value is -1.82. The van der Waals surface area contributed by atoms with Crippen molar-refractivity contribution in [2.45, 2.75) is 26.1 Å². The monoisotopic (exact) mass is 297 g/mol. The molecule has 0 unspecified atom stereocenters. The minimum absolute atomic E-state index is 0.158. The summed E-state index contributed by atoms with van der Waals surface area (Å²) in [5.74, 6) is 0.329. The van der Waals surface area contributed by atoms with E-state index in [9.17, 15) is 13.2 Å². The highest BCUT2D eigenvalue weighted by Gasteiger charge is 2.31. The Labute approximate surface area is 121 Å². The quantitative estimate of drug-likeness (QED) is 0.919. The van der Waals surface area contributed by atoms with E-state index in [0.717, 1.165) is 5.39 Å². The van der Waals surface area contributed by atoms with E-state index in [-0.39, 0.29) is 13.1 Å². The second kappa shape index (κ2) is 6.30. The summed E-state index contributed by atoms with van der Waals surface area (Å²) >= 11 is 0. The maximum absolute atomic E-state index is 12.8. The number of rotatable bonds is 5. The molecule has 0 radical (unpaired) electrons. The van der Waals surface area contributed by atoms with Crippen molar-refractivity contribution in [3.63, 3.8) is 0 Å². The smallest absolute Gasteiger partial charge is 0.347 e. The summed E-state index contributed by atoms with van der Waals surface area (Å²) in [6.07, 6.45) is -3.66. The molecule has 1 heterocycles. The van der Waals surface area contributed by atoms with Gasteiger partial charge in [-0.3, -0.25) is 0 Å². The number of fused-ring (bicyclic) bond motifs is 1. The van der Waals surface area contributed by atoms with Crippen LogP contribution in [-0.2, 0) is 6.54 Å². The first-order chi connectivity index (χ1) is 9.94. The van der Waals surface area contributed by atoms with Gasteiger partial charge in [-0.05, 0) is 18.6 Å². The molecule has 0 aliphatic heterocycles. The Kier molecular flexibility index (Phi) is 4.67. The average Bonchev–Trinajstić information content (AvgIpc) is 2.44. The summed E-state index contributed by atoms with van der Waals surface area (Å²) in [5, 5.41) is 0.880. The Bertz CT molecular complexity index is 611. The molecule has 21 heavy (non-hydrogen) atoms. The fourth-order valence-corrected chi connectivity index (χ4v) is 2.32. The fourth-order valence-electron chi connectivity index (χ4n) is 2.32. The number of para-hydroxylation sites is 1. The lowest BCUT2D eigenvalue weighted by molar-refractivity contribution is -0.119. The summed E-state index contributed by atoms with van der Waals surface area (Å²) < 4.78 is 38.3. The summed E-state index contributed by atoms with van der Waals surface area (Å²) in [6, 6.07) is 9.16. The molecule has 0 aliphatic rings. The van der Waals surface area contributed by atoms with Crippen LogP contribution in [-0.4, -0.2) is 24.2 Å². The topological polar surface area (TPSA) is 42.2 Å². The van der Waals surface area contributed by atoms with Crippen molar-refractivity contribution in [3.8, 4) is 0 Å². The van der Waals surface area contributed by atoms with Crippen molar-refractivity contribution in [2.75, 3.05) is 18.0 Å². The third-order valence-electron chi connectivity index (χ3n) is 3.16. The highest BCUT2D eigenvalue weighted by Crippen LogP contribution is 2.27. The molecule has 2 aromatic rings. The van der Waals surface area contributed by atoms with Gasteiger partial charge in [-0.25, -0.2) is 4.98 Å². The van der Waals surface area contributed by atoms with E-state index in [0.29, 0.717) is 23.3 Å². The number of aromatic nitrogens is 1. The third-order valence-corrected chi connectivity index (χ3v) is 3.16. The van der Waals surface area contributed by atoms with E-state index in [1.54, 1.807) is 6.07 Å². The van der Waals surface area contributed by atoms with Crippen LogP contribution >= 0.6 is 0 Å². The maximum atomic E-state index is 12.8. The van der Waals surface area contributed by atoms with E-state index < -0.39 is 12.7 Å². The Morgan fingerprint density at radius 1 is 1.24 bits per heavy atom. The van der Waals surface area contributed by atoms with Crippen molar-refractivity contribution in [1.29, 1.82) is 0 Å². The molecule has 0 bridgehead atoms. The first-order valence-corrected chi connectivity index (χ1v) is 6.85. The fraction of sp³-hybridized carbons (Fsp3) is 0.400. The number of nitrogens with zero attached hydrogens (tertiary/aromatic N) is 2. The number of anilines is 1. The zero-order valence-corrected chi connectivity index (χ0v) is 11.8. The van der Waals surface area contributed by atoms with Gasteiger partial charge in [-0.2, -0.15) is 13.2 Å². The van der Waals surface area contributed by atoms with Crippen molar-refractivity contribution >= 4 is 16.7 Å². The molecule has 0 fully saturated rings. The molecule has 0 atom stereocenters. The number of alkyl halides is 3. The zero-order chi connectivity index (χ0) is 15.5. The number of hydrogen-bond donors (Lipinski definition) is 1. The van der Waals surface area contributed by atoms with Crippen LogP contribution in [0.1, 0.15) is 18.9 Å². The molecule has 2 rings (SSSR count). The van der Waals surface area contributed by atoms with Gasteiger partial charge in [0.1, 0.15) is 12.4 Å². The van der Waals surface area contributed by atoms with Gasteiger partial charge in [-0.1, -0.05) is 25.1 Å². The molecule has 3 nitrogen and oxygen atoms in total. The largest absolute Gasteiger partial charge is 0.405 e. The van der Waals surface area contributed by atoms with Gasteiger partial charge in [0, 0.05) is 24.0 Å². The lowest BCUT2D eigenvalue weighted by Gasteiger charge is -2.26. The molecule has 114 valence electrons. The number of nitrogens with two attached hydrogens (primary N) is 1. The lowest BCUT2D eigenvalue weighted by Crippen LogP contribution is -2.36. The first-order valence-electron chi connectivity index (χ1n) is 6.85. The van der Waals surface area contributed by atoms with Gasteiger partial charge in [0.05, 0.1) is 5.52 Å². The molecular formula is C15H18F3N3. The summed E-state index contributed by atoms with van der Waals surface area (Å²) in [7, 11) is 0. The van der Waals surface area contributed by atoms with Gasteiger partial charge in [0.25, 0.3) is 0 Å². The zero-order valence-electron chi connectivity index (χ0n) is 11.8. The highest BCUT2D eigenvalue weighted by molar-refractivity contribution is 5.81. The van der Waals surface area contributed by atoms with Crippen molar-refractivity contribution in [1.82, 2.24) is 4.98 Å². The molecule has 1 aromatic carbocycles. The lowest BCUT2D eigenvalue weighted by atomic mass is 10.1. The molecule has 6 heteroatoms. The van der Waals surface area contributed by atoms with Gasteiger partial charge < -0.3 is 10.6 Å². The Balaban J connectivity index is 2.49. The summed E-state index contributed by atoms with van der Waals surface area (Å²) in [6.45, 7) is 1.27. The van der Waals surface area contributed by atoms with Crippen LogP contribution in [0.4, 0.5) is 19.0 Å². The van der Waals surface area contributed by atoms with Gasteiger partial charge >= 0.3 is 6.18 Å². The minimum Gasteiger partial charge on any atom is -0.347 e. The molecular weight excluding hydrogens is 279 g/mol. The molecule has 2 N–H and O–H groups in total. The molecule has 0 saturated heterocycles. The van der Waals surface area contributed by atoms with E-state index in [1.807, 2.05) is 31.2 Å². The number of halogens is 3. The van der Waals surface area contributed by atoms with Gasteiger partial charge in [0.15, 0.2) is 0 Å². The van der Waals surface area contributed by atoms with Crippen molar-refractivity contribution in [2.24, 2.45) is 5.73 Å². The number of pyridine rings is 1. The third kappa shape index (κ3) is 3.85. The molecule has 0 amide bonds. The van der Waals surface area contributed by atoms with Crippen LogP contribution in [0, 0.1) is 0 Å². The van der Waals surface area contributed by atoms with E-state index in [2.05, 4.69) is 4.98 Å². The maximum Gasteiger partial charge on any atom is 0.405 e. The normalized spacial score (nSPS) is 11.9. The molecule has 0 aliphatic carbocycles. The molecule has 0 spiro atoms. The van der Waals surface area contributed by atoms with E-state index in [1.165, 1.54) is 4.90 Å². The predicted molar refractivity (Wildman–Crippen MR) is 78.2 cm³/mol. The SMILES string of the molecule is CCCN(CC(F)(F)F)c1nc2ccccc2cc1CN. The van der Waals surface area contributed by atoms with Crippen molar-refractivity contribution in [3.05, 3.63) is 35.9 Å². The molecule has 0 saturated carbocycles. The predicted octanol–water partition coefficient (Wildman–Crippen LogP) is 3.47. The summed E-state index contributed by atoms with van der Waals surface area (Å²) in [5.41, 5.74) is 7.00. The average molecular weight is 297 g/mol. The van der Waals surface area contributed by atoms with E-state index >= 15 is 0 Å². The van der Waals surface area contributed by atoms with Crippen LogP contribution in [0.15, 0.2) is 30.3 Å². The van der Waals surface area contributed by atoms with Crippen LogP contribution in [0.5, 0.6) is 0 Å². The minimum atomic E-state index is -4.27. The molecule has 1 aromatic heterocycles. The second-order valence-electron chi connectivity index (χ2n) is 4.90. The number of benzene rings is 1. The van der Waals surface area contributed by atoms with Gasteiger partial charge in [-0.15, -0.1) is 0 Å². The van der Waals surface area contributed by atoms with Crippen LogP contribution in [0.3, 0.4) is 0 Å². The van der Waals surface area contributed by atoms with Crippen LogP contribution in [0.2, 0.25) is 0 Å². The van der Waals surface area contributed by atoms with Crippen molar-refractivity contribution < 1.29 is 13.2 Å². The van der Waals surface area contributed by atoms with Gasteiger partial charge in [0.2, 0.25) is 0 Å². The Morgan fingerprint density at radius 3 is 2.57 bits per heavy atom. The van der Waals surface area contributed by atoms with E-state index in [4.69, 9.17) is 5.73 Å². The second-order valence-corrected chi connectivity index (χ2v) is 4.90.